The Balaban J connectivity index is 2.65. The summed E-state index contributed by atoms with van der Waals surface area (Å²) in [6, 6.07) is 5.58. The van der Waals surface area contributed by atoms with Crippen LogP contribution in [0.4, 0.5) is 5.69 Å². The van der Waals surface area contributed by atoms with Gasteiger partial charge in [0.25, 0.3) is 0 Å². The van der Waals surface area contributed by atoms with Crippen molar-refractivity contribution in [3.63, 3.8) is 0 Å². The topological polar surface area (TPSA) is 70.8 Å². The van der Waals surface area contributed by atoms with Crippen molar-refractivity contribution in [1.29, 1.82) is 0 Å². The van der Waals surface area contributed by atoms with Crippen LogP contribution < -0.4 is 15.2 Å². The molecular formula is C15H17NO4S. The van der Waals surface area contributed by atoms with Crippen LogP contribution in [0.25, 0.3) is 10.4 Å². The van der Waals surface area contributed by atoms with Crippen LogP contribution in [0.15, 0.2) is 18.2 Å². The molecule has 2 aromatic rings. The molecule has 0 unspecified atom stereocenters. The highest BCUT2D eigenvalue weighted by Crippen LogP contribution is 2.45. The summed E-state index contributed by atoms with van der Waals surface area (Å²) in [5.74, 6) is 0.801. The number of para-hydroxylation sites is 1. The van der Waals surface area contributed by atoms with E-state index in [9.17, 15) is 4.79 Å². The fraction of sp³-hybridized carbons (Fsp3) is 0.267. The smallest absolute Gasteiger partial charge is 0.350 e. The number of esters is 1. The minimum Gasteiger partial charge on any atom is -0.493 e. The first-order valence-electron chi connectivity index (χ1n) is 6.23. The first kappa shape index (κ1) is 15.2. The molecular weight excluding hydrogens is 290 g/mol. The van der Waals surface area contributed by atoms with Crippen molar-refractivity contribution < 1.29 is 19.0 Å². The molecule has 1 aromatic heterocycles. The van der Waals surface area contributed by atoms with Gasteiger partial charge in [0.1, 0.15) is 4.88 Å². The summed E-state index contributed by atoms with van der Waals surface area (Å²) in [6.07, 6.45) is 0. The lowest BCUT2D eigenvalue weighted by atomic mass is 10.1. The van der Waals surface area contributed by atoms with Crippen LogP contribution in [0.2, 0.25) is 0 Å². The Labute approximate surface area is 127 Å². The number of nitrogens with two attached hydrogens (primary N) is 1. The van der Waals surface area contributed by atoms with Gasteiger partial charge in [0.2, 0.25) is 0 Å². The molecule has 0 spiro atoms. The number of hydrogen-bond donors (Lipinski definition) is 1. The van der Waals surface area contributed by atoms with Gasteiger partial charge in [-0.3, -0.25) is 0 Å². The largest absolute Gasteiger partial charge is 0.493 e. The molecule has 0 saturated heterocycles. The quantitative estimate of drug-likeness (QED) is 0.879. The van der Waals surface area contributed by atoms with Crippen LogP contribution in [0, 0.1) is 6.92 Å². The van der Waals surface area contributed by atoms with Crippen LogP contribution in [0.1, 0.15) is 15.2 Å². The number of ether oxygens (including phenoxy) is 3. The Bertz CT molecular complexity index is 679. The summed E-state index contributed by atoms with van der Waals surface area (Å²) in [6.45, 7) is 1.87. The van der Waals surface area contributed by atoms with Gasteiger partial charge in [0, 0.05) is 10.4 Å². The highest BCUT2D eigenvalue weighted by molar-refractivity contribution is 7.18. The predicted molar refractivity (Wildman–Crippen MR) is 83.3 cm³/mol. The first-order chi connectivity index (χ1) is 10.0. The fourth-order valence-electron chi connectivity index (χ4n) is 2.09. The summed E-state index contributed by atoms with van der Waals surface area (Å²) in [4.78, 5) is 13.0. The Hall–Kier alpha value is -2.21. The maximum Gasteiger partial charge on any atom is 0.350 e. The third-order valence-electron chi connectivity index (χ3n) is 3.21. The summed E-state index contributed by atoms with van der Waals surface area (Å²) in [5.41, 5.74) is 8.11. The van der Waals surface area contributed by atoms with Gasteiger partial charge in [-0.2, -0.15) is 0 Å². The third-order valence-corrected chi connectivity index (χ3v) is 4.53. The SMILES string of the molecule is COC(=O)c1sc(-c2cccc(OC)c2OC)c(C)c1N. The van der Waals surface area contributed by atoms with Gasteiger partial charge < -0.3 is 19.9 Å². The van der Waals surface area contributed by atoms with E-state index in [2.05, 4.69) is 0 Å². The van der Waals surface area contributed by atoms with Crippen LogP contribution >= 0.6 is 11.3 Å². The molecule has 2 N–H and O–H groups in total. The van der Waals surface area contributed by atoms with E-state index in [0.29, 0.717) is 22.1 Å². The zero-order valence-electron chi connectivity index (χ0n) is 12.4. The predicted octanol–water partition coefficient (Wildman–Crippen LogP) is 3.11. The van der Waals surface area contributed by atoms with Gasteiger partial charge in [-0.05, 0) is 24.6 Å². The number of benzene rings is 1. The molecule has 0 atom stereocenters. The van der Waals surface area contributed by atoms with Crippen LogP contribution in [0.3, 0.4) is 0 Å². The summed E-state index contributed by atoms with van der Waals surface area (Å²) in [5, 5.41) is 0. The average Bonchev–Trinajstić information content (AvgIpc) is 2.81. The van der Waals surface area contributed by atoms with Crippen LogP contribution in [-0.2, 0) is 4.74 Å². The van der Waals surface area contributed by atoms with E-state index in [0.717, 1.165) is 16.0 Å². The Morgan fingerprint density at radius 2 is 1.90 bits per heavy atom. The van der Waals surface area contributed by atoms with E-state index in [1.807, 2.05) is 25.1 Å². The lowest BCUT2D eigenvalue weighted by Gasteiger charge is -2.12. The molecule has 5 nitrogen and oxygen atoms in total. The molecule has 0 bridgehead atoms. The van der Waals surface area contributed by atoms with E-state index in [-0.39, 0.29) is 0 Å². The summed E-state index contributed by atoms with van der Waals surface area (Å²) in [7, 11) is 4.49. The molecule has 0 radical (unpaired) electrons. The van der Waals surface area contributed by atoms with Gasteiger partial charge in [0.05, 0.1) is 27.0 Å². The molecule has 0 amide bonds. The van der Waals surface area contributed by atoms with Crippen LogP contribution in [-0.4, -0.2) is 27.3 Å². The molecule has 1 aromatic carbocycles. The highest BCUT2D eigenvalue weighted by atomic mass is 32.1. The second-order valence-electron chi connectivity index (χ2n) is 4.33. The van der Waals surface area contributed by atoms with E-state index >= 15 is 0 Å². The summed E-state index contributed by atoms with van der Waals surface area (Å²) < 4.78 is 15.5. The summed E-state index contributed by atoms with van der Waals surface area (Å²) >= 11 is 1.29. The molecule has 0 saturated carbocycles. The lowest BCUT2D eigenvalue weighted by Crippen LogP contribution is -2.01. The maximum absolute atomic E-state index is 11.8. The van der Waals surface area contributed by atoms with Gasteiger partial charge in [-0.15, -0.1) is 11.3 Å². The van der Waals surface area contributed by atoms with E-state index in [1.165, 1.54) is 18.4 Å². The number of thiophene rings is 1. The van der Waals surface area contributed by atoms with Gasteiger partial charge in [0.15, 0.2) is 11.5 Å². The van der Waals surface area contributed by atoms with Crippen molar-refractivity contribution >= 4 is 23.0 Å². The molecule has 1 heterocycles. The number of hydrogen-bond acceptors (Lipinski definition) is 6. The number of nitrogen functional groups attached to an aromatic ring is 1. The molecule has 6 heteroatoms. The minimum atomic E-state index is -0.436. The zero-order chi connectivity index (χ0) is 15.6. The maximum atomic E-state index is 11.8. The minimum absolute atomic E-state index is 0.398. The first-order valence-corrected chi connectivity index (χ1v) is 7.05. The Morgan fingerprint density at radius 3 is 2.48 bits per heavy atom. The van der Waals surface area contributed by atoms with Crippen molar-refractivity contribution in [2.75, 3.05) is 27.1 Å². The molecule has 0 aliphatic rings. The fourth-order valence-corrected chi connectivity index (χ4v) is 3.26. The Kier molecular flexibility index (Phi) is 4.37. The van der Waals surface area contributed by atoms with Crippen molar-refractivity contribution in [3.05, 3.63) is 28.6 Å². The number of carbonyl (C=O) groups excluding carboxylic acids is 1. The molecule has 0 fully saturated rings. The number of methoxy groups -OCH3 is 3. The highest BCUT2D eigenvalue weighted by Gasteiger charge is 2.22. The van der Waals surface area contributed by atoms with Gasteiger partial charge in [-0.25, -0.2) is 4.79 Å². The van der Waals surface area contributed by atoms with Crippen LogP contribution in [0.5, 0.6) is 11.5 Å². The lowest BCUT2D eigenvalue weighted by molar-refractivity contribution is 0.0607. The molecule has 0 aliphatic heterocycles. The van der Waals surface area contributed by atoms with Gasteiger partial charge >= 0.3 is 5.97 Å². The molecule has 112 valence electrons. The number of rotatable bonds is 4. The van der Waals surface area contributed by atoms with Gasteiger partial charge in [-0.1, -0.05) is 6.07 Å². The Morgan fingerprint density at radius 1 is 1.19 bits per heavy atom. The third kappa shape index (κ3) is 2.54. The molecule has 21 heavy (non-hydrogen) atoms. The second kappa shape index (κ2) is 6.05. The second-order valence-corrected chi connectivity index (χ2v) is 5.35. The zero-order valence-corrected chi connectivity index (χ0v) is 13.2. The van der Waals surface area contributed by atoms with Crippen molar-refractivity contribution in [3.8, 4) is 21.9 Å². The van der Waals surface area contributed by atoms with E-state index in [4.69, 9.17) is 19.9 Å². The average molecular weight is 307 g/mol. The van der Waals surface area contributed by atoms with Crippen molar-refractivity contribution in [2.45, 2.75) is 6.92 Å². The monoisotopic (exact) mass is 307 g/mol. The molecule has 2 rings (SSSR count). The van der Waals surface area contributed by atoms with E-state index in [1.54, 1.807) is 14.2 Å². The number of anilines is 1. The van der Waals surface area contributed by atoms with E-state index < -0.39 is 5.97 Å². The standard InChI is InChI=1S/C15H17NO4S/c1-8-11(16)14(15(17)20-4)21-13(8)9-6-5-7-10(18-2)12(9)19-3/h5-7H,16H2,1-4H3. The molecule has 0 aliphatic carbocycles. The normalized spacial score (nSPS) is 10.3. The van der Waals surface area contributed by atoms with Crippen molar-refractivity contribution in [1.82, 2.24) is 0 Å². The number of carbonyl (C=O) groups is 1. The van der Waals surface area contributed by atoms with Crippen molar-refractivity contribution in [2.24, 2.45) is 0 Å².